The van der Waals surface area contributed by atoms with E-state index in [0.29, 0.717) is 13.2 Å². The highest BCUT2D eigenvalue weighted by Crippen LogP contribution is 2.36. The summed E-state index contributed by atoms with van der Waals surface area (Å²) in [5.41, 5.74) is 2.73. The van der Waals surface area contributed by atoms with Crippen molar-refractivity contribution >= 4 is 17.5 Å². The van der Waals surface area contributed by atoms with Crippen LogP contribution in [-0.2, 0) is 9.59 Å². The van der Waals surface area contributed by atoms with Crippen LogP contribution in [0, 0.1) is 6.92 Å². The molecule has 0 aromatic heterocycles. The summed E-state index contributed by atoms with van der Waals surface area (Å²) in [5.74, 6) is 0.428. The lowest BCUT2D eigenvalue weighted by Gasteiger charge is -2.18. The number of anilines is 1. The second-order valence-electron chi connectivity index (χ2n) is 5.85. The number of para-hydroxylation sites is 1. The summed E-state index contributed by atoms with van der Waals surface area (Å²) in [7, 11) is 0. The van der Waals surface area contributed by atoms with Crippen LogP contribution in [0.1, 0.15) is 24.1 Å². The maximum absolute atomic E-state index is 12.7. The highest BCUT2D eigenvalue weighted by atomic mass is 16.5. The van der Waals surface area contributed by atoms with Crippen LogP contribution in [0.15, 0.2) is 48.5 Å². The highest BCUT2D eigenvalue weighted by molar-refractivity contribution is 6.06. The van der Waals surface area contributed by atoms with E-state index in [4.69, 9.17) is 4.74 Å². The monoisotopic (exact) mass is 324 g/mol. The van der Waals surface area contributed by atoms with E-state index >= 15 is 0 Å². The van der Waals surface area contributed by atoms with E-state index in [9.17, 15) is 9.59 Å². The van der Waals surface area contributed by atoms with Gasteiger partial charge in [0.2, 0.25) is 5.91 Å². The molecule has 1 atom stereocenters. The lowest BCUT2D eigenvalue weighted by atomic mass is 10.1. The van der Waals surface area contributed by atoms with Crippen LogP contribution in [-0.4, -0.2) is 25.0 Å². The zero-order chi connectivity index (χ0) is 17.1. The van der Waals surface area contributed by atoms with Gasteiger partial charge in [-0.15, -0.1) is 0 Å². The first-order chi connectivity index (χ1) is 11.6. The minimum absolute atomic E-state index is 0.123. The van der Waals surface area contributed by atoms with Gasteiger partial charge in [0.15, 0.2) is 0 Å². The van der Waals surface area contributed by atoms with Crippen molar-refractivity contribution in [2.45, 2.75) is 19.9 Å². The number of fused-ring (bicyclic) bond motifs is 1. The molecule has 2 aromatic rings. The molecule has 2 amide bonds. The van der Waals surface area contributed by atoms with E-state index in [0.717, 1.165) is 22.6 Å². The molecule has 0 saturated heterocycles. The van der Waals surface area contributed by atoms with Gasteiger partial charge < -0.3 is 15.0 Å². The van der Waals surface area contributed by atoms with Crippen LogP contribution >= 0.6 is 0 Å². The number of carbonyl (C=O) groups excluding carboxylic acids is 2. The fourth-order valence-corrected chi connectivity index (χ4v) is 2.90. The first-order valence-corrected chi connectivity index (χ1v) is 7.93. The van der Waals surface area contributed by atoms with E-state index in [2.05, 4.69) is 5.32 Å². The van der Waals surface area contributed by atoms with Crippen molar-refractivity contribution in [1.29, 1.82) is 0 Å². The van der Waals surface area contributed by atoms with Gasteiger partial charge in [-0.1, -0.05) is 35.9 Å². The quantitative estimate of drug-likeness (QED) is 0.920. The number of hydrogen-bond donors (Lipinski definition) is 1. The maximum Gasteiger partial charge on any atom is 0.254 e. The molecule has 0 radical (unpaired) electrons. The lowest BCUT2D eigenvalue weighted by Crippen LogP contribution is -2.38. The van der Waals surface area contributed by atoms with E-state index in [1.165, 1.54) is 6.92 Å². The summed E-state index contributed by atoms with van der Waals surface area (Å²) in [6.07, 6.45) is 0. The molecule has 2 aromatic carbocycles. The summed E-state index contributed by atoms with van der Waals surface area (Å²) >= 11 is 0. The lowest BCUT2D eigenvalue weighted by molar-refractivity contribution is -0.126. The first kappa shape index (κ1) is 16.1. The molecule has 24 heavy (non-hydrogen) atoms. The SMILES string of the molecule is CC(=O)N[C@@H]1C(=O)N(CCOc2ccccc2)c2ccc(C)cc21. The third-order valence-corrected chi connectivity index (χ3v) is 3.97. The van der Waals surface area contributed by atoms with Crippen molar-refractivity contribution in [3.05, 3.63) is 59.7 Å². The first-order valence-electron chi connectivity index (χ1n) is 7.93. The molecule has 0 saturated carbocycles. The molecule has 1 N–H and O–H groups in total. The second kappa shape index (κ2) is 6.74. The average molecular weight is 324 g/mol. The van der Waals surface area contributed by atoms with Gasteiger partial charge in [-0.3, -0.25) is 9.59 Å². The predicted molar refractivity (Wildman–Crippen MR) is 92.0 cm³/mol. The third-order valence-electron chi connectivity index (χ3n) is 3.97. The number of carbonyl (C=O) groups is 2. The predicted octanol–water partition coefficient (Wildman–Crippen LogP) is 2.60. The average Bonchev–Trinajstić information content (AvgIpc) is 2.80. The van der Waals surface area contributed by atoms with Crippen LogP contribution in [0.5, 0.6) is 5.75 Å². The molecule has 0 unspecified atom stereocenters. The zero-order valence-corrected chi connectivity index (χ0v) is 13.8. The number of ether oxygens (including phenoxy) is 1. The van der Waals surface area contributed by atoms with Crippen LogP contribution in [0.2, 0.25) is 0 Å². The fourth-order valence-electron chi connectivity index (χ4n) is 2.90. The Morgan fingerprint density at radius 1 is 1.21 bits per heavy atom. The molecule has 0 spiro atoms. The summed E-state index contributed by atoms with van der Waals surface area (Å²) in [5, 5.41) is 2.74. The van der Waals surface area contributed by atoms with Crippen LogP contribution in [0.4, 0.5) is 5.69 Å². The molecule has 1 aliphatic rings. The fraction of sp³-hybridized carbons (Fsp3) is 0.263. The van der Waals surface area contributed by atoms with Gasteiger partial charge in [0.1, 0.15) is 18.4 Å². The summed E-state index contributed by atoms with van der Waals surface area (Å²) in [6, 6.07) is 14.7. The number of nitrogens with one attached hydrogen (secondary N) is 1. The summed E-state index contributed by atoms with van der Waals surface area (Å²) in [4.78, 5) is 25.8. The molecule has 0 aliphatic carbocycles. The molecule has 0 bridgehead atoms. The van der Waals surface area contributed by atoms with Crippen LogP contribution < -0.4 is 15.0 Å². The summed E-state index contributed by atoms with van der Waals surface area (Å²) < 4.78 is 5.69. The molecule has 1 aliphatic heterocycles. The highest BCUT2D eigenvalue weighted by Gasteiger charge is 2.37. The van der Waals surface area contributed by atoms with Crippen molar-refractivity contribution in [3.63, 3.8) is 0 Å². The normalized spacial score (nSPS) is 16.0. The number of nitrogens with zero attached hydrogens (tertiary/aromatic N) is 1. The van der Waals surface area contributed by atoms with Crippen LogP contribution in [0.3, 0.4) is 0 Å². The van der Waals surface area contributed by atoms with Gasteiger partial charge >= 0.3 is 0 Å². The van der Waals surface area contributed by atoms with Gasteiger partial charge in [-0.05, 0) is 25.1 Å². The smallest absolute Gasteiger partial charge is 0.254 e. The zero-order valence-electron chi connectivity index (χ0n) is 13.8. The maximum atomic E-state index is 12.7. The van der Waals surface area contributed by atoms with E-state index in [1.807, 2.05) is 55.5 Å². The molecular weight excluding hydrogens is 304 g/mol. The van der Waals surface area contributed by atoms with Crippen LogP contribution in [0.25, 0.3) is 0 Å². The summed E-state index contributed by atoms with van der Waals surface area (Å²) in [6.45, 7) is 4.20. The second-order valence-corrected chi connectivity index (χ2v) is 5.85. The van der Waals surface area contributed by atoms with Gasteiger partial charge in [0.05, 0.1) is 6.54 Å². The molecular formula is C19H20N2O3. The Balaban J connectivity index is 1.76. The van der Waals surface area contributed by atoms with Crippen molar-refractivity contribution in [2.24, 2.45) is 0 Å². The molecule has 5 nitrogen and oxygen atoms in total. The number of aryl methyl sites for hydroxylation is 1. The molecule has 0 fully saturated rings. The topological polar surface area (TPSA) is 58.6 Å². The van der Waals surface area contributed by atoms with Crippen molar-refractivity contribution in [3.8, 4) is 5.75 Å². The number of benzene rings is 2. The molecule has 1 heterocycles. The van der Waals surface area contributed by atoms with E-state index in [1.54, 1.807) is 4.90 Å². The Labute approximate surface area is 141 Å². The Morgan fingerprint density at radius 3 is 2.67 bits per heavy atom. The Bertz CT molecular complexity index is 758. The van der Waals surface area contributed by atoms with Gasteiger partial charge in [0, 0.05) is 18.2 Å². The van der Waals surface area contributed by atoms with Crippen molar-refractivity contribution in [1.82, 2.24) is 5.32 Å². The largest absolute Gasteiger partial charge is 0.492 e. The van der Waals surface area contributed by atoms with E-state index in [-0.39, 0.29) is 11.8 Å². The number of rotatable bonds is 5. The molecule has 124 valence electrons. The minimum Gasteiger partial charge on any atom is -0.492 e. The number of amides is 2. The number of hydrogen-bond acceptors (Lipinski definition) is 3. The van der Waals surface area contributed by atoms with Crippen molar-refractivity contribution in [2.75, 3.05) is 18.1 Å². The standard InChI is InChI=1S/C19H20N2O3/c1-13-8-9-17-16(12-13)18(20-14(2)22)19(23)21(17)10-11-24-15-6-4-3-5-7-15/h3-9,12,18H,10-11H2,1-2H3,(H,20,22)/t18-/m0/s1. The molecule has 3 rings (SSSR count). The van der Waals surface area contributed by atoms with Gasteiger partial charge in [0.25, 0.3) is 5.91 Å². The Hall–Kier alpha value is -2.82. The third kappa shape index (κ3) is 3.25. The Kier molecular flexibility index (Phi) is 4.51. The van der Waals surface area contributed by atoms with E-state index < -0.39 is 6.04 Å². The van der Waals surface area contributed by atoms with Gasteiger partial charge in [-0.25, -0.2) is 0 Å². The minimum atomic E-state index is -0.617. The molecule has 5 heteroatoms. The van der Waals surface area contributed by atoms with Crippen molar-refractivity contribution < 1.29 is 14.3 Å². The Morgan fingerprint density at radius 2 is 1.96 bits per heavy atom. The van der Waals surface area contributed by atoms with Gasteiger partial charge in [-0.2, -0.15) is 0 Å².